The Balaban J connectivity index is 3.41. The molecule has 1 aromatic rings. The highest BCUT2D eigenvalue weighted by atomic mass is 19.4. The van der Waals surface area contributed by atoms with Crippen LogP contribution in [0.4, 0.5) is 22.0 Å². The minimum absolute atomic E-state index is 0.0810. The molecule has 0 saturated carbocycles. The van der Waals surface area contributed by atoms with Gasteiger partial charge in [-0.15, -0.1) is 0 Å². The van der Waals surface area contributed by atoms with Crippen LogP contribution in [0.25, 0.3) is 0 Å². The van der Waals surface area contributed by atoms with E-state index < -0.39 is 29.2 Å². The SMILES string of the molecule is N#Cc1cc(C(F)(F)F)c(F)nc1F. The Labute approximate surface area is 74.6 Å². The first-order valence-electron chi connectivity index (χ1n) is 3.19. The number of alkyl halides is 3. The predicted molar refractivity (Wildman–Crippen MR) is 33.9 cm³/mol. The highest BCUT2D eigenvalue weighted by molar-refractivity contribution is 5.32. The van der Waals surface area contributed by atoms with E-state index in [1.54, 1.807) is 0 Å². The lowest BCUT2D eigenvalue weighted by Crippen LogP contribution is -2.11. The van der Waals surface area contributed by atoms with Crippen molar-refractivity contribution in [2.75, 3.05) is 0 Å². The van der Waals surface area contributed by atoms with Crippen LogP contribution in [-0.2, 0) is 6.18 Å². The molecule has 0 spiro atoms. The molecule has 74 valence electrons. The summed E-state index contributed by atoms with van der Waals surface area (Å²) in [6, 6.07) is 1.21. The van der Waals surface area contributed by atoms with Crippen LogP contribution in [0.5, 0.6) is 0 Å². The summed E-state index contributed by atoms with van der Waals surface area (Å²) < 4.78 is 60.9. The lowest BCUT2D eigenvalue weighted by Gasteiger charge is -2.06. The van der Waals surface area contributed by atoms with Crippen molar-refractivity contribution >= 4 is 0 Å². The van der Waals surface area contributed by atoms with E-state index in [4.69, 9.17) is 5.26 Å². The molecule has 0 aliphatic carbocycles. The number of nitrogens with zero attached hydrogens (tertiary/aromatic N) is 2. The zero-order chi connectivity index (χ0) is 10.9. The Bertz CT molecular complexity index is 404. The van der Waals surface area contributed by atoms with Crippen LogP contribution in [0.15, 0.2) is 6.07 Å². The smallest absolute Gasteiger partial charge is 0.192 e. The van der Waals surface area contributed by atoms with Crippen molar-refractivity contribution in [1.82, 2.24) is 4.98 Å². The van der Waals surface area contributed by atoms with Gasteiger partial charge in [0.05, 0.1) is 0 Å². The molecular weight excluding hydrogens is 207 g/mol. The van der Waals surface area contributed by atoms with Crippen molar-refractivity contribution in [3.05, 3.63) is 29.1 Å². The van der Waals surface area contributed by atoms with E-state index >= 15 is 0 Å². The molecule has 0 aliphatic rings. The van der Waals surface area contributed by atoms with E-state index in [1.165, 1.54) is 0 Å². The van der Waals surface area contributed by atoms with Crippen LogP contribution in [0.1, 0.15) is 11.1 Å². The monoisotopic (exact) mass is 208 g/mol. The second-order valence-electron chi connectivity index (χ2n) is 2.27. The first-order chi connectivity index (χ1) is 6.36. The van der Waals surface area contributed by atoms with Crippen LogP contribution < -0.4 is 0 Å². The van der Waals surface area contributed by atoms with Gasteiger partial charge in [-0.2, -0.15) is 32.2 Å². The molecular formula is C7HF5N2. The largest absolute Gasteiger partial charge is 0.420 e. The summed E-state index contributed by atoms with van der Waals surface area (Å²) in [5, 5.41) is 8.18. The first kappa shape index (κ1) is 10.4. The zero-order valence-corrected chi connectivity index (χ0v) is 6.36. The van der Waals surface area contributed by atoms with Crippen LogP contribution in [-0.4, -0.2) is 4.98 Å². The number of halogens is 5. The molecule has 0 fully saturated rings. The van der Waals surface area contributed by atoms with E-state index in [9.17, 15) is 22.0 Å². The highest BCUT2D eigenvalue weighted by Gasteiger charge is 2.36. The molecule has 7 heteroatoms. The summed E-state index contributed by atoms with van der Waals surface area (Å²) in [4.78, 5) is 2.33. The van der Waals surface area contributed by atoms with Gasteiger partial charge >= 0.3 is 6.18 Å². The second kappa shape index (κ2) is 3.21. The number of hydrogen-bond acceptors (Lipinski definition) is 2. The van der Waals surface area contributed by atoms with Crippen LogP contribution in [0, 0.1) is 23.2 Å². The third-order valence-electron chi connectivity index (χ3n) is 1.36. The normalized spacial score (nSPS) is 11.1. The number of aromatic nitrogens is 1. The van der Waals surface area contributed by atoms with Crippen LogP contribution in [0.3, 0.4) is 0 Å². The summed E-state index contributed by atoms with van der Waals surface area (Å²) in [6.07, 6.45) is -4.99. The van der Waals surface area contributed by atoms with E-state index in [2.05, 4.69) is 4.98 Å². The number of hydrogen-bond donors (Lipinski definition) is 0. The Morgan fingerprint density at radius 1 is 1.21 bits per heavy atom. The van der Waals surface area contributed by atoms with Gasteiger partial charge in [0, 0.05) is 0 Å². The minimum atomic E-state index is -4.99. The van der Waals surface area contributed by atoms with Gasteiger partial charge in [-0.25, -0.2) is 0 Å². The van der Waals surface area contributed by atoms with Crippen molar-refractivity contribution in [3.63, 3.8) is 0 Å². The molecule has 1 rings (SSSR count). The molecule has 0 aromatic carbocycles. The maximum Gasteiger partial charge on any atom is 0.420 e. The van der Waals surface area contributed by atoms with E-state index in [1.807, 2.05) is 0 Å². The molecule has 1 aromatic heterocycles. The fourth-order valence-corrected chi connectivity index (χ4v) is 0.747. The molecule has 0 amide bonds. The van der Waals surface area contributed by atoms with E-state index in [0.717, 1.165) is 6.07 Å². The van der Waals surface area contributed by atoms with Crippen molar-refractivity contribution in [2.24, 2.45) is 0 Å². The number of pyridine rings is 1. The van der Waals surface area contributed by atoms with Gasteiger partial charge in [0.25, 0.3) is 0 Å². The molecule has 0 atom stereocenters. The Morgan fingerprint density at radius 2 is 1.79 bits per heavy atom. The lowest BCUT2D eigenvalue weighted by molar-refractivity contribution is -0.140. The topological polar surface area (TPSA) is 36.7 Å². The maximum atomic E-state index is 12.5. The maximum absolute atomic E-state index is 12.5. The number of rotatable bonds is 0. The first-order valence-corrected chi connectivity index (χ1v) is 3.19. The average Bonchev–Trinajstić information content (AvgIpc) is 2.02. The second-order valence-corrected chi connectivity index (χ2v) is 2.27. The summed E-state index contributed by atoms with van der Waals surface area (Å²) in [5.74, 6) is -3.54. The predicted octanol–water partition coefficient (Wildman–Crippen LogP) is 2.25. The van der Waals surface area contributed by atoms with Gasteiger partial charge in [-0.05, 0) is 6.07 Å². The van der Waals surface area contributed by atoms with Gasteiger partial charge in [0.2, 0.25) is 11.9 Å². The van der Waals surface area contributed by atoms with E-state index in [0.29, 0.717) is 0 Å². The molecule has 0 aliphatic heterocycles. The fourth-order valence-electron chi connectivity index (χ4n) is 0.747. The minimum Gasteiger partial charge on any atom is -0.192 e. The molecule has 0 unspecified atom stereocenters. The number of nitriles is 1. The Morgan fingerprint density at radius 3 is 2.21 bits per heavy atom. The summed E-state index contributed by atoms with van der Waals surface area (Å²) in [7, 11) is 0. The Kier molecular flexibility index (Phi) is 2.38. The molecule has 1 heterocycles. The third-order valence-corrected chi connectivity index (χ3v) is 1.36. The van der Waals surface area contributed by atoms with Gasteiger partial charge in [0.1, 0.15) is 17.2 Å². The third kappa shape index (κ3) is 1.79. The van der Waals surface area contributed by atoms with Crippen molar-refractivity contribution in [3.8, 4) is 6.07 Å². The zero-order valence-electron chi connectivity index (χ0n) is 6.36. The van der Waals surface area contributed by atoms with Crippen molar-refractivity contribution < 1.29 is 22.0 Å². The van der Waals surface area contributed by atoms with Crippen LogP contribution in [0.2, 0.25) is 0 Å². The van der Waals surface area contributed by atoms with Gasteiger partial charge < -0.3 is 0 Å². The summed E-state index contributed by atoms with van der Waals surface area (Å²) in [5.41, 5.74) is -2.70. The molecule has 14 heavy (non-hydrogen) atoms. The van der Waals surface area contributed by atoms with E-state index in [-0.39, 0.29) is 6.07 Å². The average molecular weight is 208 g/mol. The van der Waals surface area contributed by atoms with Gasteiger partial charge in [0.15, 0.2) is 0 Å². The highest BCUT2D eigenvalue weighted by Crippen LogP contribution is 2.31. The van der Waals surface area contributed by atoms with Crippen molar-refractivity contribution in [2.45, 2.75) is 6.18 Å². The van der Waals surface area contributed by atoms with Gasteiger partial charge in [-0.3, -0.25) is 0 Å². The Hall–Kier alpha value is -1.71. The summed E-state index contributed by atoms with van der Waals surface area (Å²) >= 11 is 0. The standard InChI is InChI=1S/C7HF5N2/c8-5-3(2-13)1-4(6(9)14-5)7(10,11)12/h1H. The molecule has 0 saturated heterocycles. The quantitative estimate of drug-likeness (QED) is 0.484. The molecule has 0 radical (unpaired) electrons. The molecule has 0 N–H and O–H groups in total. The van der Waals surface area contributed by atoms with Crippen LogP contribution >= 0.6 is 0 Å². The summed E-state index contributed by atoms with van der Waals surface area (Å²) in [6.45, 7) is 0. The molecule has 0 bridgehead atoms. The fraction of sp³-hybridized carbons (Fsp3) is 0.143. The lowest BCUT2D eigenvalue weighted by atomic mass is 10.2. The van der Waals surface area contributed by atoms with Crippen molar-refractivity contribution in [1.29, 1.82) is 5.26 Å². The van der Waals surface area contributed by atoms with Gasteiger partial charge in [-0.1, -0.05) is 0 Å². The molecule has 2 nitrogen and oxygen atoms in total.